The van der Waals surface area contributed by atoms with E-state index in [0.717, 1.165) is 6.07 Å². The predicted octanol–water partition coefficient (Wildman–Crippen LogP) is 4.79. The van der Waals surface area contributed by atoms with Crippen LogP contribution in [0.2, 0.25) is 0 Å². The standard InChI is InChI=1S/C23H25F3N2O4/c1-3-28(14-29)21(27)6-4-5-15-7-9-18(19(11-15)23(24,25)26)16-8-10-20(32-2)17(12-16)13-22(30)31/h7-12,14,27H,3-6,13H2,1-2H3,(H,30,31). The van der Waals surface area contributed by atoms with Crippen molar-refractivity contribution < 1.29 is 32.6 Å². The van der Waals surface area contributed by atoms with Crippen LogP contribution in [0.3, 0.4) is 0 Å². The molecule has 6 nitrogen and oxygen atoms in total. The number of carbonyl (C=O) groups excluding carboxylic acids is 1. The van der Waals surface area contributed by atoms with Crippen LogP contribution in [0.5, 0.6) is 5.75 Å². The van der Waals surface area contributed by atoms with Crippen LogP contribution in [0, 0.1) is 5.41 Å². The molecule has 9 heteroatoms. The smallest absolute Gasteiger partial charge is 0.417 e. The summed E-state index contributed by atoms with van der Waals surface area (Å²) in [5.74, 6) is -0.701. The van der Waals surface area contributed by atoms with Crippen molar-refractivity contribution >= 4 is 18.2 Å². The Morgan fingerprint density at radius 3 is 2.50 bits per heavy atom. The number of nitrogens with zero attached hydrogens (tertiary/aromatic N) is 1. The second-order valence-corrected chi connectivity index (χ2v) is 7.17. The summed E-state index contributed by atoms with van der Waals surface area (Å²) in [4.78, 5) is 23.2. The number of carboxylic acids is 1. The summed E-state index contributed by atoms with van der Waals surface area (Å²) in [6, 6.07) is 8.37. The first kappa shape index (κ1) is 24.9. The summed E-state index contributed by atoms with van der Waals surface area (Å²) < 4.78 is 46.6. The Hall–Kier alpha value is -3.36. The molecule has 0 saturated heterocycles. The highest BCUT2D eigenvalue weighted by Gasteiger charge is 2.34. The van der Waals surface area contributed by atoms with E-state index in [0.29, 0.717) is 37.1 Å². The van der Waals surface area contributed by atoms with Gasteiger partial charge < -0.3 is 14.7 Å². The van der Waals surface area contributed by atoms with Crippen molar-refractivity contribution in [2.24, 2.45) is 0 Å². The van der Waals surface area contributed by atoms with Crippen LogP contribution >= 0.6 is 0 Å². The molecule has 2 aromatic rings. The van der Waals surface area contributed by atoms with E-state index in [-0.39, 0.29) is 35.4 Å². The maximum atomic E-state index is 13.8. The monoisotopic (exact) mass is 450 g/mol. The molecule has 172 valence electrons. The van der Waals surface area contributed by atoms with E-state index in [1.54, 1.807) is 13.0 Å². The Labute approximate surface area is 184 Å². The van der Waals surface area contributed by atoms with Crippen molar-refractivity contribution in [3.05, 3.63) is 53.1 Å². The molecule has 0 heterocycles. The van der Waals surface area contributed by atoms with Gasteiger partial charge in [-0.05, 0) is 54.7 Å². The number of nitrogens with one attached hydrogen (secondary N) is 1. The summed E-state index contributed by atoms with van der Waals surface area (Å²) in [5, 5.41) is 16.9. The third-order valence-electron chi connectivity index (χ3n) is 5.02. The van der Waals surface area contributed by atoms with Gasteiger partial charge in [-0.2, -0.15) is 13.2 Å². The number of carbonyl (C=O) groups is 2. The molecule has 0 unspecified atom stereocenters. The van der Waals surface area contributed by atoms with Crippen LogP contribution in [-0.4, -0.2) is 41.9 Å². The third kappa shape index (κ3) is 6.32. The van der Waals surface area contributed by atoms with Crippen molar-refractivity contribution in [1.29, 1.82) is 5.41 Å². The number of halogens is 3. The van der Waals surface area contributed by atoms with Crippen molar-refractivity contribution in [2.75, 3.05) is 13.7 Å². The first-order valence-corrected chi connectivity index (χ1v) is 9.99. The first-order valence-electron chi connectivity index (χ1n) is 9.99. The van der Waals surface area contributed by atoms with E-state index < -0.39 is 17.7 Å². The minimum atomic E-state index is -4.61. The summed E-state index contributed by atoms with van der Waals surface area (Å²) >= 11 is 0. The summed E-state index contributed by atoms with van der Waals surface area (Å²) in [5.41, 5.74) is 0.111. The van der Waals surface area contributed by atoms with Gasteiger partial charge in [0.1, 0.15) is 11.6 Å². The topological polar surface area (TPSA) is 90.7 Å². The number of aliphatic carboxylic acids is 1. The minimum absolute atomic E-state index is 0.0543. The SMILES string of the molecule is CCN(C=O)C(=N)CCCc1ccc(-c2ccc(OC)c(CC(=O)O)c2)c(C(F)(F)F)c1. The van der Waals surface area contributed by atoms with Crippen molar-refractivity contribution in [3.63, 3.8) is 0 Å². The van der Waals surface area contributed by atoms with Crippen LogP contribution in [-0.2, 0) is 28.6 Å². The highest BCUT2D eigenvalue weighted by molar-refractivity contribution is 5.88. The number of alkyl halides is 3. The van der Waals surface area contributed by atoms with Gasteiger partial charge in [-0.3, -0.25) is 15.0 Å². The zero-order valence-electron chi connectivity index (χ0n) is 17.8. The van der Waals surface area contributed by atoms with Crippen LogP contribution in [0.25, 0.3) is 11.1 Å². The summed E-state index contributed by atoms with van der Waals surface area (Å²) in [6.07, 6.45) is -3.42. The van der Waals surface area contributed by atoms with Crippen molar-refractivity contribution in [1.82, 2.24) is 4.90 Å². The largest absolute Gasteiger partial charge is 0.496 e. The number of rotatable bonds is 10. The number of aryl methyl sites for hydroxylation is 1. The lowest BCUT2D eigenvalue weighted by molar-refractivity contribution is -0.137. The van der Waals surface area contributed by atoms with Gasteiger partial charge in [-0.15, -0.1) is 0 Å². The molecule has 0 atom stereocenters. The number of methoxy groups -OCH3 is 1. The van der Waals surface area contributed by atoms with Crippen LogP contribution in [0.4, 0.5) is 13.2 Å². The second-order valence-electron chi connectivity index (χ2n) is 7.17. The first-order chi connectivity index (χ1) is 15.1. The molecule has 2 aromatic carbocycles. The lowest BCUT2D eigenvalue weighted by Gasteiger charge is -2.17. The zero-order chi connectivity index (χ0) is 23.9. The van der Waals surface area contributed by atoms with Crippen LogP contribution in [0.1, 0.15) is 36.5 Å². The number of amidine groups is 1. The Bertz CT molecular complexity index is 990. The molecule has 32 heavy (non-hydrogen) atoms. The average molecular weight is 450 g/mol. The van der Waals surface area contributed by atoms with Gasteiger partial charge in [0, 0.05) is 18.5 Å². The molecule has 0 saturated carbocycles. The zero-order valence-corrected chi connectivity index (χ0v) is 17.8. The normalized spacial score (nSPS) is 11.2. The molecule has 0 bridgehead atoms. The van der Waals surface area contributed by atoms with E-state index in [1.165, 1.54) is 36.3 Å². The van der Waals surface area contributed by atoms with Crippen LogP contribution < -0.4 is 4.74 Å². The maximum absolute atomic E-state index is 13.8. The predicted molar refractivity (Wildman–Crippen MR) is 114 cm³/mol. The molecule has 2 rings (SSSR count). The molecule has 1 amide bonds. The van der Waals surface area contributed by atoms with E-state index in [1.807, 2.05) is 0 Å². The molecule has 0 spiro atoms. The molecule has 0 aliphatic rings. The Morgan fingerprint density at radius 2 is 1.94 bits per heavy atom. The fraction of sp³-hybridized carbons (Fsp3) is 0.348. The highest BCUT2D eigenvalue weighted by atomic mass is 19.4. The highest BCUT2D eigenvalue weighted by Crippen LogP contribution is 2.39. The summed E-state index contributed by atoms with van der Waals surface area (Å²) in [7, 11) is 1.37. The number of benzene rings is 2. The van der Waals surface area contributed by atoms with Crippen molar-refractivity contribution in [3.8, 4) is 16.9 Å². The van der Waals surface area contributed by atoms with E-state index in [4.69, 9.17) is 15.3 Å². The van der Waals surface area contributed by atoms with E-state index in [9.17, 15) is 22.8 Å². The lowest BCUT2D eigenvalue weighted by Crippen LogP contribution is -2.28. The van der Waals surface area contributed by atoms with Crippen LogP contribution in [0.15, 0.2) is 36.4 Å². The molecule has 0 fully saturated rings. The molecule has 2 N–H and O–H groups in total. The average Bonchev–Trinajstić information content (AvgIpc) is 2.73. The Balaban J connectivity index is 2.33. The van der Waals surface area contributed by atoms with E-state index in [2.05, 4.69) is 0 Å². The molecule has 0 aliphatic heterocycles. The molecule has 0 aromatic heterocycles. The molecular weight excluding hydrogens is 425 g/mol. The van der Waals surface area contributed by atoms with Gasteiger partial charge in [0.2, 0.25) is 6.41 Å². The number of hydrogen-bond acceptors (Lipinski definition) is 4. The number of ether oxygens (including phenoxy) is 1. The number of amides is 1. The number of hydrogen-bond donors (Lipinski definition) is 2. The Morgan fingerprint density at radius 1 is 1.22 bits per heavy atom. The Kier molecular flexibility index (Phi) is 8.40. The van der Waals surface area contributed by atoms with Gasteiger partial charge >= 0.3 is 12.1 Å². The fourth-order valence-electron chi connectivity index (χ4n) is 3.41. The van der Waals surface area contributed by atoms with Gasteiger partial charge in [-0.1, -0.05) is 18.2 Å². The van der Waals surface area contributed by atoms with Gasteiger partial charge in [0.25, 0.3) is 0 Å². The third-order valence-corrected chi connectivity index (χ3v) is 5.02. The van der Waals surface area contributed by atoms with Gasteiger partial charge in [0.15, 0.2) is 0 Å². The molecular formula is C23H25F3N2O4. The molecule has 0 radical (unpaired) electrons. The lowest BCUT2D eigenvalue weighted by atomic mass is 9.93. The van der Waals surface area contributed by atoms with Crippen molar-refractivity contribution in [2.45, 2.75) is 38.8 Å². The minimum Gasteiger partial charge on any atom is -0.496 e. The number of carboxylic acid groups (broad SMARTS) is 1. The molecule has 0 aliphatic carbocycles. The summed E-state index contributed by atoms with van der Waals surface area (Å²) in [6.45, 7) is 2.10. The van der Waals surface area contributed by atoms with E-state index >= 15 is 0 Å². The quantitative estimate of drug-likeness (QED) is 0.309. The fourth-order valence-corrected chi connectivity index (χ4v) is 3.41. The maximum Gasteiger partial charge on any atom is 0.417 e. The second kappa shape index (κ2) is 10.8. The van der Waals surface area contributed by atoms with Gasteiger partial charge in [0.05, 0.1) is 19.1 Å². The van der Waals surface area contributed by atoms with Gasteiger partial charge in [-0.25, -0.2) is 0 Å².